The van der Waals surface area contributed by atoms with Crippen molar-refractivity contribution in [1.29, 1.82) is 0 Å². The van der Waals surface area contributed by atoms with Crippen LogP contribution in [-0.4, -0.2) is 26.0 Å². The highest BCUT2D eigenvalue weighted by atomic mass is 32.2. The van der Waals surface area contributed by atoms with E-state index in [0.717, 1.165) is 21.1 Å². The number of hydrogen-bond donors (Lipinski definition) is 1. The summed E-state index contributed by atoms with van der Waals surface area (Å²) in [6.07, 6.45) is -0.0193. The zero-order chi connectivity index (χ0) is 21.3. The van der Waals surface area contributed by atoms with Crippen LogP contribution in [0.2, 0.25) is 0 Å². The van der Waals surface area contributed by atoms with Crippen LogP contribution in [0.4, 0.5) is 11.4 Å². The number of para-hydroxylation sites is 1. The Morgan fingerprint density at radius 2 is 1.52 bits per heavy atom. The second-order valence-electron chi connectivity index (χ2n) is 7.85. The van der Waals surface area contributed by atoms with Gasteiger partial charge in [0, 0.05) is 17.7 Å². The average Bonchev–Trinajstić information content (AvgIpc) is 2.94. The van der Waals surface area contributed by atoms with Gasteiger partial charge in [0.1, 0.15) is 0 Å². The smallest absolute Gasteiger partial charge is 0.255 e. The number of rotatable bonds is 5. The van der Waals surface area contributed by atoms with Gasteiger partial charge in [-0.1, -0.05) is 45.9 Å². The molecule has 29 heavy (non-hydrogen) atoms. The Morgan fingerprint density at radius 1 is 0.966 bits per heavy atom. The lowest BCUT2D eigenvalue weighted by Gasteiger charge is -2.20. The molecular formula is C22H26N2O4S. The molecule has 1 heterocycles. The highest BCUT2D eigenvalue weighted by Gasteiger charge is 2.36. The number of carbonyl (C=O) groups is 2. The third kappa shape index (κ3) is 4.19. The topological polar surface area (TPSA) is 83.6 Å². The number of amides is 2. The minimum atomic E-state index is -3.62. The molecule has 2 amide bonds. The molecule has 2 aromatic carbocycles. The fourth-order valence-corrected chi connectivity index (χ4v) is 4.96. The van der Waals surface area contributed by atoms with Gasteiger partial charge in [0.2, 0.25) is 15.9 Å². The van der Waals surface area contributed by atoms with Gasteiger partial charge in [0.15, 0.2) is 0 Å². The monoisotopic (exact) mass is 414 g/mol. The zero-order valence-corrected chi connectivity index (χ0v) is 17.9. The molecular weight excluding hydrogens is 388 g/mol. The molecule has 0 unspecified atom stereocenters. The Bertz CT molecular complexity index is 1010. The number of sulfonamides is 1. The fraction of sp³-hybridized carbons (Fsp3) is 0.364. The van der Waals surface area contributed by atoms with Gasteiger partial charge in [-0.25, -0.2) is 12.7 Å². The number of nitrogens with zero attached hydrogens (tertiary/aromatic N) is 1. The largest absolute Gasteiger partial charge is 0.321 e. The lowest BCUT2D eigenvalue weighted by atomic mass is 9.92. The molecule has 0 bridgehead atoms. The molecule has 1 aliphatic rings. The van der Waals surface area contributed by atoms with Crippen molar-refractivity contribution in [3.63, 3.8) is 0 Å². The molecule has 1 saturated heterocycles. The van der Waals surface area contributed by atoms with Crippen LogP contribution in [0.1, 0.15) is 67.4 Å². The SMILES string of the molecule is CC(C)c1cccc(C(C)C)c1NC(=O)c1ccc(N2C(=O)CCS2(=O)=O)cc1. The van der Waals surface area contributed by atoms with Crippen LogP contribution in [0.3, 0.4) is 0 Å². The maximum Gasteiger partial charge on any atom is 0.255 e. The van der Waals surface area contributed by atoms with Crippen LogP contribution in [0, 0.1) is 0 Å². The minimum Gasteiger partial charge on any atom is -0.321 e. The molecule has 0 aromatic heterocycles. The van der Waals surface area contributed by atoms with Crippen molar-refractivity contribution in [2.45, 2.75) is 46.0 Å². The van der Waals surface area contributed by atoms with Gasteiger partial charge < -0.3 is 5.32 Å². The van der Waals surface area contributed by atoms with E-state index in [9.17, 15) is 18.0 Å². The van der Waals surface area contributed by atoms with Gasteiger partial charge in [-0.15, -0.1) is 0 Å². The van der Waals surface area contributed by atoms with E-state index in [1.807, 2.05) is 18.2 Å². The first-order valence-corrected chi connectivity index (χ1v) is 11.3. The molecule has 0 aliphatic carbocycles. The highest BCUT2D eigenvalue weighted by Crippen LogP contribution is 2.33. The Morgan fingerprint density at radius 3 is 1.97 bits per heavy atom. The number of carbonyl (C=O) groups excluding carboxylic acids is 2. The lowest BCUT2D eigenvalue weighted by Crippen LogP contribution is -2.29. The van der Waals surface area contributed by atoms with Crippen molar-refractivity contribution >= 4 is 33.2 Å². The molecule has 154 valence electrons. The number of benzene rings is 2. The van der Waals surface area contributed by atoms with Gasteiger partial charge in [-0.2, -0.15) is 0 Å². The molecule has 7 heteroatoms. The first-order valence-electron chi connectivity index (χ1n) is 9.72. The van der Waals surface area contributed by atoms with E-state index in [4.69, 9.17) is 0 Å². The first kappa shape index (κ1) is 21.0. The summed E-state index contributed by atoms with van der Waals surface area (Å²) in [5.74, 6) is -0.412. The third-order valence-electron chi connectivity index (χ3n) is 5.05. The standard InChI is InChI=1S/C22H26N2O4S/c1-14(2)18-6-5-7-19(15(3)4)21(18)23-22(26)16-8-10-17(11-9-16)24-20(25)12-13-29(24,27)28/h5-11,14-15H,12-13H2,1-4H3,(H,23,26). The van der Waals surface area contributed by atoms with E-state index >= 15 is 0 Å². The molecule has 2 aromatic rings. The second kappa shape index (κ2) is 7.99. The van der Waals surface area contributed by atoms with E-state index < -0.39 is 15.9 Å². The molecule has 1 N–H and O–H groups in total. The number of anilines is 2. The summed E-state index contributed by atoms with van der Waals surface area (Å²) in [5.41, 5.74) is 3.61. The Hall–Kier alpha value is -2.67. The van der Waals surface area contributed by atoms with Crippen molar-refractivity contribution in [3.8, 4) is 0 Å². The van der Waals surface area contributed by atoms with E-state index in [1.165, 1.54) is 12.1 Å². The molecule has 6 nitrogen and oxygen atoms in total. The van der Waals surface area contributed by atoms with Crippen molar-refractivity contribution in [2.24, 2.45) is 0 Å². The van der Waals surface area contributed by atoms with Crippen molar-refractivity contribution < 1.29 is 18.0 Å². The number of hydrogen-bond acceptors (Lipinski definition) is 4. The fourth-order valence-electron chi connectivity index (χ4n) is 3.50. The Balaban J connectivity index is 1.89. The molecule has 1 fully saturated rings. The normalized spacial score (nSPS) is 15.9. The maximum absolute atomic E-state index is 12.9. The second-order valence-corrected chi connectivity index (χ2v) is 9.78. The Labute approximate surface area is 172 Å². The van der Waals surface area contributed by atoms with Gasteiger partial charge in [0.05, 0.1) is 11.4 Å². The molecule has 0 spiro atoms. The predicted molar refractivity (Wildman–Crippen MR) is 115 cm³/mol. The molecule has 3 rings (SSSR count). The summed E-state index contributed by atoms with van der Waals surface area (Å²) >= 11 is 0. The summed E-state index contributed by atoms with van der Waals surface area (Å²) in [7, 11) is -3.62. The van der Waals surface area contributed by atoms with Crippen molar-refractivity contribution in [1.82, 2.24) is 0 Å². The van der Waals surface area contributed by atoms with Crippen LogP contribution in [0.15, 0.2) is 42.5 Å². The van der Waals surface area contributed by atoms with E-state index in [2.05, 4.69) is 33.0 Å². The molecule has 1 aliphatic heterocycles. The first-order chi connectivity index (χ1) is 13.6. The minimum absolute atomic E-state index is 0.0193. The van der Waals surface area contributed by atoms with Crippen LogP contribution >= 0.6 is 0 Å². The summed E-state index contributed by atoms with van der Waals surface area (Å²) in [5, 5.41) is 3.03. The zero-order valence-electron chi connectivity index (χ0n) is 17.1. The lowest BCUT2D eigenvalue weighted by molar-refractivity contribution is -0.116. The quantitative estimate of drug-likeness (QED) is 0.793. The number of nitrogens with one attached hydrogen (secondary N) is 1. The van der Waals surface area contributed by atoms with Gasteiger partial charge in [0.25, 0.3) is 5.91 Å². The highest BCUT2D eigenvalue weighted by molar-refractivity contribution is 7.94. The van der Waals surface area contributed by atoms with Crippen LogP contribution < -0.4 is 9.62 Å². The predicted octanol–water partition coefficient (Wildman–Crippen LogP) is 4.25. The summed E-state index contributed by atoms with van der Waals surface area (Å²) in [6, 6.07) is 12.1. The molecule has 0 atom stereocenters. The Kier molecular flexibility index (Phi) is 5.80. The van der Waals surface area contributed by atoms with Crippen LogP contribution in [0.25, 0.3) is 0 Å². The van der Waals surface area contributed by atoms with Gasteiger partial charge in [-0.05, 0) is 47.2 Å². The average molecular weight is 415 g/mol. The van der Waals surface area contributed by atoms with Crippen LogP contribution in [0.5, 0.6) is 0 Å². The third-order valence-corrected chi connectivity index (χ3v) is 6.74. The summed E-state index contributed by atoms with van der Waals surface area (Å²) < 4.78 is 24.9. The summed E-state index contributed by atoms with van der Waals surface area (Å²) in [6.45, 7) is 8.32. The van der Waals surface area contributed by atoms with E-state index in [1.54, 1.807) is 12.1 Å². The van der Waals surface area contributed by atoms with E-state index in [0.29, 0.717) is 5.56 Å². The van der Waals surface area contributed by atoms with Crippen molar-refractivity contribution in [2.75, 3.05) is 15.4 Å². The molecule has 0 radical (unpaired) electrons. The van der Waals surface area contributed by atoms with Gasteiger partial charge >= 0.3 is 0 Å². The van der Waals surface area contributed by atoms with Crippen molar-refractivity contribution in [3.05, 3.63) is 59.2 Å². The maximum atomic E-state index is 12.9. The van der Waals surface area contributed by atoms with E-state index in [-0.39, 0.29) is 35.6 Å². The van der Waals surface area contributed by atoms with Gasteiger partial charge in [-0.3, -0.25) is 9.59 Å². The molecule has 0 saturated carbocycles. The summed E-state index contributed by atoms with van der Waals surface area (Å²) in [4.78, 5) is 24.8. The van der Waals surface area contributed by atoms with Crippen LogP contribution in [-0.2, 0) is 14.8 Å².